The lowest BCUT2D eigenvalue weighted by atomic mass is 10.1. The van der Waals surface area contributed by atoms with Gasteiger partial charge in [0.05, 0.1) is 6.42 Å². The second-order valence-corrected chi connectivity index (χ2v) is 3.62. The van der Waals surface area contributed by atoms with Crippen LogP contribution in [0.1, 0.15) is 5.56 Å². The minimum Gasteiger partial charge on any atom is -0.442 e. The molecule has 0 aliphatic carbocycles. The first-order valence-corrected chi connectivity index (χ1v) is 4.97. The van der Waals surface area contributed by atoms with E-state index in [1.54, 1.807) is 6.07 Å². The average Bonchev–Trinajstić information content (AvgIpc) is 2.24. The quantitative estimate of drug-likeness (QED) is 0.629. The lowest BCUT2D eigenvalue weighted by Crippen LogP contribution is -2.45. The summed E-state index contributed by atoms with van der Waals surface area (Å²) >= 11 is 0. The van der Waals surface area contributed by atoms with Gasteiger partial charge in [0.15, 0.2) is 0 Å². The Hall–Kier alpha value is -1.73. The van der Waals surface area contributed by atoms with Crippen molar-refractivity contribution in [3.05, 3.63) is 35.9 Å². The summed E-state index contributed by atoms with van der Waals surface area (Å²) in [5, 5.41) is 0. The molecule has 0 radical (unpaired) electrons. The third-order valence-electron chi connectivity index (χ3n) is 2.04. The Balaban J connectivity index is 2.73. The van der Waals surface area contributed by atoms with E-state index in [4.69, 9.17) is 0 Å². The fraction of sp³-hybridized carbons (Fsp3) is 0.364. The van der Waals surface area contributed by atoms with Gasteiger partial charge >= 0.3 is 18.3 Å². The molecule has 19 heavy (non-hydrogen) atoms. The van der Waals surface area contributed by atoms with E-state index in [1.165, 1.54) is 24.3 Å². The van der Waals surface area contributed by atoms with Crippen LogP contribution in [0, 0.1) is 0 Å². The first-order valence-electron chi connectivity index (χ1n) is 4.97. The van der Waals surface area contributed by atoms with Crippen LogP contribution in [0.25, 0.3) is 0 Å². The maximum atomic E-state index is 12.1. The Morgan fingerprint density at radius 3 is 1.89 bits per heavy atom. The van der Waals surface area contributed by atoms with Crippen LogP contribution < -0.4 is 0 Å². The number of carbonyl (C=O) groups is 1. The number of ether oxygens (including phenoxy) is 1. The molecular weight excluding hydrogens is 278 g/mol. The Morgan fingerprint density at radius 2 is 1.47 bits per heavy atom. The minimum absolute atomic E-state index is 0.260. The predicted molar refractivity (Wildman–Crippen MR) is 52.1 cm³/mol. The van der Waals surface area contributed by atoms with Crippen LogP contribution in [-0.4, -0.2) is 24.4 Å². The van der Waals surface area contributed by atoms with Crippen LogP contribution in [0.2, 0.25) is 0 Å². The lowest BCUT2D eigenvalue weighted by molar-refractivity contribution is -0.313. The Morgan fingerprint density at radius 1 is 1.00 bits per heavy atom. The van der Waals surface area contributed by atoms with Crippen LogP contribution in [0.5, 0.6) is 0 Å². The molecule has 1 aromatic carbocycles. The molecule has 0 aliphatic heterocycles. The van der Waals surface area contributed by atoms with Gasteiger partial charge in [-0.3, -0.25) is 4.79 Å². The van der Waals surface area contributed by atoms with E-state index in [9.17, 15) is 31.1 Å². The third-order valence-corrected chi connectivity index (χ3v) is 2.04. The standard InChI is InChI=1S/C11H8F6O2/c12-10(13,14)9(11(15,16)17)19-8(18)6-7-4-2-1-3-5-7/h1-5,9H,6H2. The number of carbonyl (C=O) groups excluding carboxylic acids is 1. The van der Waals surface area contributed by atoms with Gasteiger partial charge in [-0.1, -0.05) is 30.3 Å². The van der Waals surface area contributed by atoms with Gasteiger partial charge in [0.1, 0.15) is 0 Å². The molecule has 0 aliphatic rings. The maximum absolute atomic E-state index is 12.1. The first kappa shape index (κ1) is 15.3. The number of esters is 1. The van der Waals surface area contributed by atoms with Gasteiger partial charge in [-0.25, -0.2) is 0 Å². The number of benzene rings is 1. The molecule has 106 valence electrons. The predicted octanol–water partition coefficient (Wildman–Crippen LogP) is 3.27. The van der Waals surface area contributed by atoms with E-state index in [0.717, 1.165) is 0 Å². The SMILES string of the molecule is O=C(Cc1ccccc1)OC(C(F)(F)F)C(F)(F)F. The van der Waals surface area contributed by atoms with Crippen molar-refractivity contribution in [2.24, 2.45) is 0 Å². The lowest BCUT2D eigenvalue weighted by Gasteiger charge is -2.22. The minimum atomic E-state index is -5.69. The summed E-state index contributed by atoms with van der Waals surface area (Å²) in [4.78, 5) is 11.1. The molecule has 1 aromatic rings. The molecule has 0 aromatic heterocycles. The first-order chi connectivity index (χ1) is 8.60. The highest BCUT2D eigenvalue weighted by Crippen LogP contribution is 2.35. The topological polar surface area (TPSA) is 26.3 Å². The molecule has 0 fully saturated rings. The fourth-order valence-electron chi connectivity index (χ4n) is 1.25. The molecular formula is C11H8F6O2. The van der Waals surface area contributed by atoms with Crippen molar-refractivity contribution < 1.29 is 35.9 Å². The summed E-state index contributed by atoms with van der Waals surface area (Å²) in [5.41, 5.74) is 0.260. The van der Waals surface area contributed by atoms with Crippen LogP contribution in [0.3, 0.4) is 0 Å². The second kappa shape index (κ2) is 5.50. The second-order valence-electron chi connectivity index (χ2n) is 3.62. The number of hydrogen-bond donors (Lipinski definition) is 0. The molecule has 0 spiro atoms. The van der Waals surface area contributed by atoms with Crippen molar-refractivity contribution in [1.82, 2.24) is 0 Å². The summed E-state index contributed by atoms with van der Waals surface area (Å²) < 4.78 is 76.2. The number of hydrogen-bond acceptors (Lipinski definition) is 2. The number of rotatable bonds is 3. The van der Waals surface area contributed by atoms with Gasteiger partial charge in [0, 0.05) is 0 Å². The molecule has 2 nitrogen and oxygen atoms in total. The third kappa shape index (κ3) is 4.80. The van der Waals surface area contributed by atoms with Gasteiger partial charge in [-0.15, -0.1) is 0 Å². The van der Waals surface area contributed by atoms with Crippen molar-refractivity contribution in [2.75, 3.05) is 0 Å². The number of alkyl halides is 6. The molecule has 0 N–H and O–H groups in total. The van der Waals surface area contributed by atoms with E-state index in [0.29, 0.717) is 0 Å². The van der Waals surface area contributed by atoms with Gasteiger partial charge in [0.25, 0.3) is 6.10 Å². The zero-order chi connectivity index (χ0) is 14.7. The van der Waals surface area contributed by atoms with Crippen LogP contribution in [0.15, 0.2) is 30.3 Å². The normalized spacial score (nSPS) is 12.6. The van der Waals surface area contributed by atoms with Gasteiger partial charge in [0.2, 0.25) is 0 Å². The van der Waals surface area contributed by atoms with Gasteiger partial charge in [-0.05, 0) is 5.56 Å². The Labute approximate surface area is 104 Å². The molecule has 0 saturated heterocycles. The van der Waals surface area contributed by atoms with Crippen molar-refractivity contribution in [2.45, 2.75) is 24.9 Å². The highest BCUT2D eigenvalue weighted by Gasteiger charge is 2.59. The van der Waals surface area contributed by atoms with Crippen molar-refractivity contribution >= 4 is 5.97 Å². The highest BCUT2D eigenvalue weighted by molar-refractivity contribution is 5.72. The van der Waals surface area contributed by atoms with E-state index in [-0.39, 0.29) is 5.56 Å². The van der Waals surface area contributed by atoms with E-state index in [2.05, 4.69) is 4.74 Å². The van der Waals surface area contributed by atoms with Crippen LogP contribution in [-0.2, 0) is 16.0 Å². The zero-order valence-corrected chi connectivity index (χ0v) is 9.26. The summed E-state index contributed by atoms with van der Waals surface area (Å²) in [7, 11) is 0. The largest absolute Gasteiger partial charge is 0.442 e. The van der Waals surface area contributed by atoms with E-state index >= 15 is 0 Å². The molecule has 0 saturated carbocycles. The number of halogens is 6. The summed E-state index contributed by atoms with van der Waals surface area (Å²) in [6, 6.07) is 7.35. The summed E-state index contributed by atoms with van der Waals surface area (Å²) in [6.07, 6.45) is -16.1. The molecule has 0 amide bonds. The Bertz CT molecular complexity index is 409. The molecule has 0 atom stereocenters. The van der Waals surface area contributed by atoms with Crippen LogP contribution in [0.4, 0.5) is 26.3 Å². The van der Waals surface area contributed by atoms with Crippen LogP contribution >= 0.6 is 0 Å². The maximum Gasteiger partial charge on any atom is 0.434 e. The summed E-state index contributed by atoms with van der Waals surface area (Å²) in [6.45, 7) is 0. The highest BCUT2D eigenvalue weighted by atomic mass is 19.4. The molecule has 8 heteroatoms. The molecule has 0 heterocycles. The molecule has 1 rings (SSSR count). The smallest absolute Gasteiger partial charge is 0.434 e. The van der Waals surface area contributed by atoms with Crippen molar-refractivity contribution in [3.63, 3.8) is 0 Å². The average molecular weight is 286 g/mol. The monoisotopic (exact) mass is 286 g/mol. The molecule has 0 bridgehead atoms. The zero-order valence-electron chi connectivity index (χ0n) is 9.26. The Kier molecular flexibility index (Phi) is 4.43. The fourth-order valence-corrected chi connectivity index (χ4v) is 1.25. The van der Waals surface area contributed by atoms with Crippen molar-refractivity contribution in [3.8, 4) is 0 Å². The van der Waals surface area contributed by atoms with Gasteiger partial charge < -0.3 is 4.74 Å². The van der Waals surface area contributed by atoms with Gasteiger partial charge in [-0.2, -0.15) is 26.3 Å². The van der Waals surface area contributed by atoms with E-state index in [1.807, 2.05) is 0 Å². The molecule has 0 unspecified atom stereocenters. The summed E-state index contributed by atoms with van der Waals surface area (Å²) in [5.74, 6) is -1.59. The van der Waals surface area contributed by atoms with E-state index < -0.39 is 30.8 Å². The van der Waals surface area contributed by atoms with Crippen molar-refractivity contribution in [1.29, 1.82) is 0 Å².